The van der Waals surface area contributed by atoms with E-state index in [0.717, 1.165) is 24.8 Å². The highest BCUT2D eigenvalue weighted by Crippen LogP contribution is 2.24. The van der Waals surface area contributed by atoms with Gasteiger partial charge in [0.1, 0.15) is 5.82 Å². The lowest BCUT2D eigenvalue weighted by molar-refractivity contribution is 0.0953. The number of hydrogen-bond acceptors (Lipinski definition) is 3. The van der Waals surface area contributed by atoms with Gasteiger partial charge in [-0.3, -0.25) is 4.79 Å². The molecule has 0 aliphatic carbocycles. The number of carbonyl (C=O) groups is 1. The third-order valence-electron chi connectivity index (χ3n) is 5.32. The Morgan fingerprint density at radius 2 is 1.83 bits per heavy atom. The number of carbonyl (C=O) groups excluding carboxylic acids is 1. The molecule has 1 amide bonds. The van der Waals surface area contributed by atoms with Crippen LogP contribution in [0.4, 0.5) is 4.39 Å². The summed E-state index contributed by atoms with van der Waals surface area (Å²) in [6, 6.07) is 12.5. The molecule has 2 aromatic rings. The van der Waals surface area contributed by atoms with Crippen LogP contribution in [0.1, 0.15) is 42.1 Å². The molecule has 2 aromatic carbocycles. The highest BCUT2D eigenvalue weighted by molar-refractivity contribution is 7.89. The van der Waals surface area contributed by atoms with E-state index in [2.05, 4.69) is 12.2 Å². The predicted molar refractivity (Wildman–Crippen MR) is 111 cm³/mol. The van der Waals surface area contributed by atoms with E-state index in [9.17, 15) is 17.6 Å². The second-order valence-corrected chi connectivity index (χ2v) is 9.54. The minimum absolute atomic E-state index is 0.158. The van der Waals surface area contributed by atoms with Gasteiger partial charge in [0.15, 0.2) is 0 Å². The molecule has 0 spiro atoms. The van der Waals surface area contributed by atoms with E-state index in [1.807, 2.05) is 0 Å². The topological polar surface area (TPSA) is 66.5 Å². The third-order valence-corrected chi connectivity index (χ3v) is 7.21. The summed E-state index contributed by atoms with van der Waals surface area (Å²) in [4.78, 5) is 12.6. The second kappa shape index (κ2) is 9.50. The highest BCUT2D eigenvalue weighted by Gasteiger charge is 2.28. The molecule has 1 heterocycles. The molecule has 29 heavy (non-hydrogen) atoms. The van der Waals surface area contributed by atoms with Crippen LogP contribution in [-0.2, 0) is 16.4 Å². The van der Waals surface area contributed by atoms with E-state index in [0.29, 0.717) is 37.5 Å². The molecule has 1 N–H and O–H groups in total. The van der Waals surface area contributed by atoms with Crippen molar-refractivity contribution in [3.8, 4) is 0 Å². The minimum Gasteiger partial charge on any atom is -0.352 e. The molecule has 0 atom stereocenters. The molecule has 0 aromatic heterocycles. The number of hydrogen-bond donors (Lipinski definition) is 1. The maximum atomic E-state index is 12.9. The lowest BCUT2D eigenvalue weighted by Crippen LogP contribution is -2.38. The van der Waals surface area contributed by atoms with Crippen molar-refractivity contribution in [2.24, 2.45) is 5.92 Å². The summed E-state index contributed by atoms with van der Waals surface area (Å²) in [5.74, 6) is -0.0298. The fraction of sp³-hybridized carbons (Fsp3) is 0.409. The predicted octanol–water partition coefficient (Wildman–Crippen LogP) is 3.61. The number of nitrogens with zero attached hydrogens (tertiary/aromatic N) is 1. The van der Waals surface area contributed by atoms with Crippen molar-refractivity contribution in [1.29, 1.82) is 0 Å². The zero-order valence-corrected chi connectivity index (χ0v) is 17.4. The van der Waals surface area contributed by atoms with Gasteiger partial charge in [-0.1, -0.05) is 25.1 Å². The number of aryl methyl sites for hydroxylation is 1. The first-order chi connectivity index (χ1) is 13.9. The average Bonchev–Trinajstić information content (AvgIpc) is 2.73. The fourth-order valence-electron chi connectivity index (χ4n) is 3.42. The molecule has 156 valence electrons. The number of amides is 1. The van der Waals surface area contributed by atoms with Gasteiger partial charge in [0.05, 0.1) is 4.90 Å². The maximum Gasteiger partial charge on any atom is 0.251 e. The monoisotopic (exact) mass is 418 g/mol. The summed E-state index contributed by atoms with van der Waals surface area (Å²) >= 11 is 0. The number of sulfonamides is 1. The number of benzene rings is 2. The van der Waals surface area contributed by atoms with E-state index in [4.69, 9.17) is 0 Å². The quantitative estimate of drug-likeness (QED) is 0.699. The van der Waals surface area contributed by atoms with Crippen molar-refractivity contribution in [3.63, 3.8) is 0 Å². The van der Waals surface area contributed by atoms with Crippen LogP contribution in [0.3, 0.4) is 0 Å². The van der Waals surface area contributed by atoms with Gasteiger partial charge in [-0.15, -0.1) is 0 Å². The molecule has 1 aliphatic rings. The molecule has 3 rings (SSSR count). The summed E-state index contributed by atoms with van der Waals surface area (Å²) < 4.78 is 40.2. The summed E-state index contributed by atoms with van der Waals surface area (Å²) in [6.07, 6.45) is 3.14. The highest BCUT2D eigenvalue weighted by atomic mass is 32.2. The Hall–Kier alpha value is -2.25. The van der Waals surface area contributed by atoms with Gasteiger partial charge >= 0.3 is 0 Å². The SMILES string of the molecule is CC1CCN(S(=O)(=O)c2cccc(C(=O)NCCCc3ccc(F)cc3)c2)CC1. The smallest absolute Gasteiger partial charge is 0.251 e. The minimum atomic E-state index is -3.58. The number of nitrogens with one attached hydrogen (secondary N) is 1. The van der Waals surface area contributed by atoms with Crippen molar-refractivity contribution in [2.75, 3.05) is 19.6 Å². The Morgan fingerprint density at radius 1 is 1.14 bits per heavy atom. The lowest BCUT2D eigenvalue weighted by atomic mass is 10.0. The molecule has 0 unspecified atom stereocenters. The van der Waals surface area contributed by atoms with Gasteiger partial charge in [0.2, 0.25) is 10.0 Å². The summed E-state index contributed by atoms with van der Waals surface area (Å²) in [6.45, 7) is 3.62. The average molecular weight is 419 g/mol. The first-order valence-corrected chi connectivity index (χ1v) is 11.4. The molecule has 1 saturated heterocycles. The number of rotatable bonds is 7. The van der Waals surface area contributed by atoms with E-state index in [1.54, 1.807) is 30.3 Å². The molecule has 1 fully saturated rings. The van der Waals surface area contributed by atoms with Crippen LogP contribution in [0.2, 0.25) is 0 Å². The Bertz CT molecular complexity index is 937. The van der Waals surface area contributed by atoms with Crippen molar-refractivity contribution in [3.05, 3.63) is 65.5 Å². The summed E-state index contributed by atoms with van der Waals surface area (Å²) in [5.41, 5.74) is 1.34. The lowest BCUT2D eigenvalue weighted by Gasteiger charge is -2.29. The molecule has 0 radical (unpaired) electrons. The van der Waals surface area contributed by atoms with Crippen LogP contribution in [0.15, 0.2) is 53.4 Å². The number of halogens is 1. The second-order valence-electron chi connectivity index (χ2n) is 7.60. The fourth-order valence-corrected chi connectivity index (χ4v) is 4.94. The molecule has 5 nitrogen and oxygen atoms in total. The molecular formula is C22H27FN2O3S. The van der Waals surface area contributed by atoms with Gasteiger partial charge in [-0.25, -0.2) is 12.8 Å². The Balaban J connectivity index is 1.56. The Labute approximate surface area is 172 Å². The van der Waals surface area contributed by atoms with Crippen LogP contribution in [0.25, 0.3) is 0 Å². The summed E-state index contributed by atoms with van der Waals surface area (Å²) in [5, 5.41) is 2.82. The first-order valence-electron chi connectivity index (χ1n) is 9.99. The normalized spacial score (nSPS) is 15.9. The Kier molecular flexibility index (Phi) is 7.03. The van der Waals surface area contributed by atoms with Gasteiger partial charge < -0.3 is 5.32 Å². The zero-order chi connectivity index (χ0) is 20.9. The summed E-state index contributed by atoms with van der Waals surface area (Å²) in [7, 11) is -3.58. The standard InChI is InChI=1S/C22H27FN2O3S/c1-17-11-14-25(15-12-17)29(27,28)21-6-2-5-19(16-21)22(26)24-13-3-4-18-7-9-20(23)10-8-18/h2,5-10,16-17H,3-4,11-15H2,1H3,(H,24,26). The van der Waals surface area contributed by atoms with E-state index >= 15 is 0 Å². The van der Waals surface area contributed by atoms with Crippen molar-refractivity contribution >= 4 is 15.9 Å². The van der Waals surface area contributed by atoms with Gasteiger partial charge in [-0.2, -0.15) is 4.31 Å². The largest absolute Gasteiger partial charge is 0.352 e. The van der Waals surface area contributed by atoms with E-state index in [1.165, 1.54) is 22.5 Å². The van der Waals surface area contributed by atoms with Crippen LogP contribution in [0, 0.1) is 11.7 Å². The molecule has 7 heteroatoms. The van der Waals surface area contributed by atoms with Crippen LogP contribution >= 0.6 is 0 Å². The molecular weight excluding hydrogens is 391 g/mol. The van der Waals surface area contributed by atoms with Gasteiger partial charge in [0.25, 0.3) is 5.91 Å². The van der Waals surface area contributed by atoms with Gasteiger partial charge in [0, 0.05) is 25.2 Å². The maximum absolute atomic E-state index is 12.9. The van der Waals surface area contributed by atoms with E-state index in [-0.39, 0.29) is 16.6 Å². The third kappa shape index (κ3) is 5.64. The van der Waals surface area contributed by atoms with Crippen LogP contribution < -0.4 is 5.32 Å². The zero-order valence-electron chi connectivity index (χ0n) is 16.6. The van der Waals surface area contributed by atoms with E-state index < -0.39 is 10.0 Å². The van der Waals surface area contributed by atoms with Crippen LogP contribution in [0.5, 0.6) is 0 Å². The van der Waals surface area contributed by atoms with Crippen molar-refractivity contribution < 1.29 is 17.6 Å². The first kappa shape index (κ1) is 21.5. The molecule has 0 saturated carbocycles. The van der Waals surface area contributed by atoms with Crippen LogP contribution in [-0.4, -0.2) is 38.3 Å². The van der Waals surface area contributed by atoms with Gasteiger partial charge in [-0.05, 0) is 67.5 Å². The number of piperidine rings is 1. The Morgan fingerprint density at radius 3 is 2.52 bits per heavy atom. The molecule has 0 bridgehead atoms. The van der Waals surface area contributed by atoms with Crippen molar-refractivity contribution in [2.45, 2.75) is 37.5 Å². The van der Waals surface area contributed by atoms with Crippen molar-refractivity contribution in [1.82, 2.24) is 9.62 Å². The molecule has 1 aliphatic heterocycles.